The molecular weight excluding hydrogens is 158 g/mol. The summed E-state index contributed by atoms with van der Waals surface area (Å²) in [5.74, 6) is 0.622. The molecule has 68 valence electrons. The van der Waals surface area contributed by atoms with E-state index in [1.165, 1.54) is 4.90 Å². The van der Waals surface area contributed by atoms with Crippen molar-refractivity contribution in [3.8, 4) is 0 Å². The van der Waals surface area contributed by atoms with Gasteiger partial charge in [-0.3, -0.25) is 0 Å². The van der Waals surface area contributed by atoms with E-state index in [0.29, 0.717) is 19.0 Å². The maximum atomic E-state index is 10.6. The molecule has 0 aromatic carbocycles. The van der Waals surface area contributed by atoms with Gasteiger partial charge in [0.2, 0.25) is 0 Å². The predicted molar refractivity (Wildman–Crippen MR) is 41.8 cm³/mol. The van der Waals surface area contributed by atoms with E-state index in [9.17, 15) is 9.90 Å². The first-order chi connectivity index (χ1) is 5.68. The van der Waals surface area contributed by atoms with E-state index >= 15 is 0 Å². The highest BCUT2D eigenvalue weighted by Gasteiger charge is 2.43. The zero-order valence-corrected chi connectivity index (χ0v) is 6.81. The number of aliphatic hydroxyl groups excluding tert-OH is 1. The van der Waals surface area contributed by atoms with Crippen LogP contribution in [0.25, 0.3) is 0 Å². The highest BCUT2D eigenvalue weighted by molar-refractivity contribution is 5.65. The van der Waals surface area contributed by atoms with E-state index in [4.69, 9.17) is 5.11 Å². The van der Waals surface area contributed by atoms with Crippen molar-refractivity contribution in [3.05, 3.63) is 0 Å². The Morgan fingerprint density at radius 3 is 2.67 bits per heavy atom. The van der Waals surface area contributed by atoms with E-state index in [2.05, 4.69) is 0 Å². The van der Waals surface area contributed by atoms with Crippen molar-refractivity contribution in [2.45, 2.75) is 18.9 Å². The van der Waals surface area contributed by atoms with Gasteiger partial charge in [0.25, 0.3) is 0 Å². The summed E-state index contributed by atoms with van der Waals surface area (Å²) in [7, 11) is 0. The highest BCUT2D eigenvalue weighted by atomic mass is 16.4. The Morgan fingerprint density at radius 1 is 1.33 bits per heavy atom. The number of fused-ring (bicyclic) bond motifs is 1. The monoisotopic (exact) mass is 171 g/mol. The number of amides is 1. The molecule has 0 bridgehead atoms. The van der Waals surface area contributed by atoms with E-state index in [1.54, 1.807) is 0 Å². The molecule has 1 saturated heterocycles. The molecule has 0 aromatic heterocycles. The second-order valence-electron chi connectivity index (χ2n) is 3.76. The van der Waals surface area contributed by atoms with Gasteiger partial charge in [-0.2, -0.15) is 0 Å². The Kier molecular flexibility index (Phi) is 1.72. The van der Waals surface area contributed by atoms with Crippen LogP contribution in [0.3, 0.4) is 0 Å². The molecule has 1 amide bonds. The molecule has 2 aliphatic rings. The summed E-state index contributed by atoms with van der Waals surface area (Å²) in [4.78, 5) is 12.0. The Balaban J connectivity index is 2.03. The fraction of sp³-hybridized carbons (Fsp3) is 0.875. The van der Waals surface area contributed by atoms with Gasteiger partial charge >= 0.3 is 6.09 Å². The van der Waals surface area contributed by atoms with Crippen LogP contribution in [0.4, 0.5) is 4.79 Å². The van der Waals surface area contributed by atoms with E-state index < -0.39 is 6.09 Å². The number of hydrogen-bond donors (Lipinski definition) is 2. The van der Waals surface area contributed by atoms with Crippen LogP contribution in [0.2, 0.25) is 0 Å². The third kappa shape index (κ3) is 1.06. The third-order valence-electron chi connectivity index (χ3n) is 3.09. The van der Waals surface area contributed by atoms with Crippen LogP contribution in [0.15, 0.2) is 0 Å². The average molecular weight is 171 g/mol. The van der Waals surface area contributed by atoms with Crippen molar-refractivity contribution in [2.75, 3.05) is 13.1 Å². The van der Waals surface area contributed by atoms with E-state index in [0.717, 1.165) is 12.8 Å². The third-order valence-corrected chi connectivity index (χ3v) is 3.09. The van der Waals surface area contributed by atoms with Gasteiger partial charge in [-0.1, -0.05) is 0 Å². The first kappa shape index (κ1) is 7.86. The summed E-state index contributed by atoms with van der Waals surface area (Å²) < 4.78 is 0. The van der Waals surface area contributed by atoms with Crippen LogP contribution in [0, 0.1) is 11.8 Å². The van der Waals surface area contributed by atoms with Crippen molar-refractivity contribution in [1.82, 2.24) is 4.90 Å². The average Bonchev–Trinajstić information content (AvgIpc) is 2.53. The molecule has 0 spiro atoms. The molecule has 0 radical (unpaired) electrons. The largest absolute Gasteiger partial charge is 0.465 e. The van der Waals surface area contributed by atoms with Gasteiger partial charge in [-0.15, -0.1) is 0 Å². The van der Waals surface area contributed by atoms with Gasteiger partial charge in [-0.05, 0) is 18.8 Å². The standard InChI is InChI=1S/C8H13NO3/c10-7-2-1-5-3-9(8(11)12)4-6(5)7/h5-7,10H,1-4H2,(H,11,12)/t5-,6+,7-/m1/s1. The molecule has 0 unspecified atom stereocenters. The minimum Gasteiger partial charge on any atom is -0.465 e. The summed E-state index contributed by atoms with van der Waals surface area (Å²) in [5.41, 5.74) is 0. The minimum atomic E-state index is -0.850. The smallest absolute Gasteiger partial charge is 0.407 e. The van der Waals surface area contributed by atoms with Gasteiger partial charge in [0, 0.05) is 19.0 Å². The van der Waals surface area contributed by atoms with Crippen LogP contribution in [0.1, 0.15) is 12.8 Å². The number of nitrogens with zero attached hydrogens (tertiary/aromatic N) is 1. The molecule has 2 N–H and O–H groups in total. The summed E-state index contributed by atoms with van der Waals surface area (Å²) in [6.07, 6.45) is 0.717. The molecule has 2 fully saturated rings. The lowest BCUT2D eigenvalue weighted by atomic mass is 10.00. The lowest BCUT2D eigenvalue weighted by molar-refractivity contribution is 0.118. The first-order valence-corrected chi connectivity index (χ1v) is 4.34. The van der Waals surface area contributed by atoms with Gasteiger partial charge in [0.15, 0.2) is 0 Å². The first-order valence-electron chi connectivity index (χ1n) is 4.34. The predicted octanol–water partition coefficient (Wildman–Crippen LogP) is 0.367. The second kappa shape index (κ2) is 2.62. The molecular formula is C8H13NO3. The number of hydrogen-bond acceptors (Lipinski definition) is 2. The van der Waals surface area contributed by atoms with E-state index in [1.807, 2.05) is 0 Å². The fourth-order valence-corrected chi connectivity index (χ4v) is 2.39. The maximum absolute atomic E-state index is 10.6. The van der Waals surface area contributed by atoms with Crippen LogP contribution >= 0.6 is 0 Å². The number of likely N-dealkylation sites (tertiary alicyclic amines) is 1. The summed E-state index contributed by atoms with van der Waals surface area (Å²) in [5, 5.41) is 18.2. The van der Waals surface area contributed by atoms with Crippen molar-refractivity contribution in [2.24, 2.45) is 11.8 Å². The molecule has 0 aromatic rings. The van der Waals surface area contributed by atoms with Crippen LogP contribution in [-0.2, 0) is 0 Å². The normalized spacial score (nSPS) is 40.1. The lowest BCUT2D eigenvalue weighted by Gasteiger charge is -2.13. The maximum Gasteiger partial charge on any atom is 0.407 e. The van der Waals surface area contributed by atoms with Crippen molar-refractivity contribution in [1.29, 1.82) is 0 Å². The SMILES string of the molecule is O=C(O)N1C[C@H]2CC[C@@H](O)[C@H]2C1. The number of rotatable bonds is 0. The molecule has 1 aliphatic carbocycles. The van der Waals surface area contributed by atoms with Crippen LogP contribution in [0.5, 0.6) is 0 Å². The lowest BCUT2D eigenvalue weighted by Crippen LogP contribution is -2.29. The second-order valence-corrected chi connectivity index (χ2v) is 3.76. The highest BCUT2D eigenvalue weighted by Crippen LogP contribution is 2.37. The molecule has 1 heterocycles. The summed E-state index contributed by atoms with van der Waals surface area (Å²) >= 11 is 0. The molecule has 1 saturated carbocycles. The molecule has 4 heteroatoms. The van der Waals surface area contributed by atoms with Crippen molar-refractivity contribution < 1.29 is 15.0 Å². The summed E-state index contributed by atoms with van der Waals surface area (Å²) in [6, 6.07) is 0. The van der Waals surface area contributed by atoms with E-state index in [-0.39, 0.29) is 12.0 Å². The Morgan fingerprint density at radius 2 is 2.08 bits per heavy atom. The number of aliphatic hydroxyl groups is 1. The summed E-state index contributed by atoms with van der Waals surface area (Å²) in [6.45, 7) is 1.15. The van der Waals surface area contributed by atoms with Crippen LogP contribution < -0.4 is 0 Å². The van der Waals surface area contributed by atoms with Gasteiger partial charge in [0.1, 0.15) is 0 Å². The van der Waals surface area contributed by atoms with Gasteiger partial charge in [-0.25, -0.2) is 4.79 Å². The van der Waals surface area contributed by atoms with Gasteiger partial charge < -0.3 is 15.1 Å². The number of carboxylic acid groups (broad SMARTS) is 1. The quantitative estimate of drug-likeness (QED) is 0.553. The van der Waals surface area contributed by atoms with Gasteiger partial charge in [0.05, 0.1) is 6.10 Å². The minimum absolute atomic E-state index is 0.209. The Hall–Kier alpha value is -0.770. The van der Waals surface area contributed by atoms with Crippen LogP contribution in [-0.4, -0.2) is 40.4 Å². The topological polar surface area (TPSA) is 60.8 Å². The zero-order valence-electron chi connectivity index (χ0n) is 6.81. The molecule has 12 heavy (non-hydrogen) atoms. The Labute approximate surface area is 70.8 Å². The van der Waals surface area contributed by atoms with Crippen molar-refractivity contribution >= 4 is 6.09 Å². The Bertz CT molecular complexity index is 206. The molecule has 3 atom stereocenters. The van der Waals surface area contributed by atoms with Crippen molar-refractivity contribution in [3.63, 3.8) is 0 Å². The fourth-order valence-electron chi connectivity index (χ4n) is 2.39. The molecule has 4 nitrogen and oxygen atoms in total. The molecule has 1 aliphatic heterocycles. The number of carbonyl (C=O) groups is 1. The zero-order chi connectivity index (χ0) is 8.72. The molecule has 2 rings (SSSR count).